The fourth-order valence-electron chi connectivity index (χ4n) is 1.67. The summed E-state index contributed by atoms with van der Waals surface area (Å²) < 4.78 is 17.7. The molecular formula is C13H34O4Si3. The lowest BCUT2D eigenvalue weighted by Crippen LogP contribution is -2.43. The van der Waals surface area contributed by atoms with Gasteiger partial charge in [-0.15, -0.1) is 0 Å². The van der Waals surface area contributed by atoms with Crippen LogP contribution in [-0.2, 0) is 13.6 Å². The van der Waals surface area contributed by atoms with Gasteiger partial charge >= 0.3 is 0 Å². The minimum atomic E-state index is -1.56. The predicted molar refractivity (Wildman–Crippen MR) is 92.9 cm³/mol. The molecule has 122 valence electrons. The number of aliphatic hydroxyl groups is 1. The maximum Gasteiger partial charge on any atom is 0.186 e. The maximum absolute atomic E-state index is 9.48. The van der Waals surface area contributed by atoms with Crippen molar-refractivity contribution in [3.63, 3.8) is 0 Å². The monoisotopic (exact) mass is 338 g/mol. The van der Waals surface area contributed by atoms with Crippen molar-refractivity contribution in [1.82, 2.24) is 0 Å². The van der Waals surface area contributed by atoms with Gasteiger partial charge in [0, 0.05) is 6.61 Å². The molecule has 0 aromatic heterocycles. The van der Waals surface area contributed by atoms with Gasteiger partial charge in [-0.1, -0.05) is 6.04 Å². The smallest absolute Gasteiger partial charge is 0.186 e. The summed E-state index contributed by atoms with van der Waals surface area (Å²) in [7, 11) is -3.55. The van der Waals surface area contributed by atoms with Gasteiger partial charge in [0.25, 0.3) is 0 Å². The second-order valence-corrected chi connectivity index (χ2v) is 18.6. The molecule has 0 aliphatic rings. The van der Waals surface area contributed by atoms with Crippen molar-refractivity contribution in [1.29, 1.82) is 0 Å². The molecule has 0 saturated carbocycles. The first kappa shape index (κ1) is 20.5. The van der Waals surface area contributed by atoms with Crippen molar-refractivity contribution in [3.8, 4) is 0 Å². The lowest BCUT2D eigenvalue weighted by atomic mass is 10.4. The summed E-state index contributed by atoms with van der Waals surface area (Å²) in [5, 5.41) is 9.48. The summed E-state index contributed by atoms with van der Waals surface area (Å²) >= 11 is 0. The molecule has 0 bridgehead atoms. The number of hydrogen-bond donors (Lipinski definition) is 1. The highest BCUT2D eigenvalue weighted by Crippen LogP contribution is 2.15. The van der Waals surface area contributed by atoms with Crippen LogP contribution in [0.2, 0.25) is 45.3 Å². The Morgan fingerprint density at radius 3 is 1.80 bits per heavy atom. The summed E-state index contributed by atoms with van der Waals surface area (Å²) in [5.41, 5.74) is 0. The van der Waals surface area contributed by atoms with E-state index in [2.05, 4.69) is 39.3 Å². The van der Waals surface area contributed by atoms with Crippen molar-refractivity contribution in [2.24, 2.45) is 0 Å². The van der Waals surface area contributed by atoms with E-state index in [1.165, 1.54) is 0 Å². The Balaban J connectivity index is 4.11. The molecule has 0 radical (unpaired) electrons. The molecule has 0 rings (SSSR count). The van der Waals surface area contributed by atoms with Crippen molar-refractivity contribution in [3.05, 3.63) is 0 Å². The molecule has 0 spiro atoms. The third-order valence-electron chi connectivity index (χ3n) is 2.26. The van der Waals surface area contributed by atoms with Crippen LogP contribution in [0, 0.1) is 0 Å². The highest BCUT2D eigenvalue weighted by molar-refractivity contribution is 6.71. The van der Waals surface area contributed by atoms with Crippen LogP contribution in [-0.4, -0.2) is 49.6 Å². The van der Waals surface area contributed by atoms with E-state index in [1.807, 2.05) is 0 Å². The van der Waals surface area contributed by atoms with E-state index in [0.717, 1.165) is 12.5 Å². The molecular weight excluding hydrogens is 304 g/mol. The first-order chi connectivity index (χ1) is 8.79. The van der Waals surface area contributed by atoms with E-state index >= 15 is 0 Å². The Labute approximate surface area is 129 Å². The van der Waals surface area contributed by atoms with Crippen LogP contribution in [0.1, 0.15) is 20.3 Å². The fraction of sp³-hybridized carbons (Fsp3) is 1.00. The van der Waals surface area contributed by atoms with Gasteiger partial charge in [0.2, 0.25) is 0 Å². The second-order valence-electron chi connectivity index (χ2n) is 7.68. The van der Waals surface area contributed by atoms with Gasteiger partial charge < -0.3 is 18.7 Å². The molecule has 1 N–H and O–H groups in total. The van der Waals surface area contributed by atoms with Gasteiger partial charge in [-0.25, -0.2) is 0 Å². The summed E-state index contributed by atoms with van der Waals surface area (Å²) in [4.78, 5) is 0. The van der Waals surface area contributed by atoms with E-state index < -0.39 is 31.9 Å². The van der Waals surface area contributed by atoms with E-state index in [-0.39, 0.29) is 5.91 Å². The van der Waals surface area contributed by atoms with Gasteiger partial charge in [-0.2, -0.15) is 0 Å². The van der Waals surface area contributed by atoms with Crippen molar-refractivity contribution < 1.29 is 18.7 Å². The Bertz CT molecular complexity index is 250. The average molecular weight is 339 g/mol. The van der Waals surface area contributed by atoms with Crippen LogP contribution in [0.4, 0.5) is 0 Å². The van der Waals surface area contributed by atoms with E-state index in [1.54, 1.807) is 13.8 Å². The van der Waals surface area contributed by atoms with Gasteiger partial charge in [0.1, 0.15) is 5.91 Å². The molecule has 4 nitrogen and oxygen atoms in total. The zero-order valence-electron chi connectivity index (χ0n) is 14.6. The van der Waals surface area contributed by atoms with Gasteiger partial charge in [0.05, 0.1) is 9.52 Å². The SMILES string of the molecule is CC(C)(O)OCCC[SiH2]C(O[Si](C)(C)C)O[Si](C)(C)C. The predicted octanol–water partition coefficient (Wildman–Crippen LogP) is 2.70. The molecule has 0 amide bonds. The van der Waals surface area contributed by atoms with Crippen LogP contribution < -0.4 is 0 Å². The first-order valence-electron chi connectivity index (χ1n) is 7.50. The largest absolute Gasteiger partial charge is 0.398 e. The molecule has 0 unspecified atom stereocenters. The molecule has 20 heavy (non-hydrogen) atoms. The fourth-order valence-corrected chi connectivity index (χ4v) is 8.20. The maximum atomic E-state index is 9.48. The molecule has 0 aliphatic carbocycles. The van der Waals surface area contributed by atoms with Gasteiger partial charge in [0.15, 0.2) is 22.4 Å². The average Bonchev–Trinajstić information content (AvgIpc) is 2.09. The van der Waals surface area contributed by atoms with Crippen LogP contribution in [0.3, 0.4) is 0 Å². The van der Waals surface area contributed by atoms with Crippen LogP contribution in [0.25, 0.3) is 0 Å². The van der Waals surface area contributed by atoms with Crippen LogP contribution >= 0.6 is 0 Å². The lowest BCUT2D eigenvalue weighted by Gasteiger charge is -2.31. The zero-order valence-corrected chi connectivity index (χ0v) is 18.0. The highest BCUT2D eigenvalue weighted by Gasteiger charge is 2.26. The molecule has 0 saturated heterocycles. The highest BCUT2D eigenvalue weighted by atomic mass is 28.4. The second kappa shape index (κ2) is 8.21. The van der Waals surface area contributed by atoms with Crippen LogP contribution in [0.5, 0.6) is 0 Å². The standard InChI is InChI=1S/C13H34O4Si3/c1-13(2,14)15-10-9-11-18-12(16-19(3,4)5)17-20(6,7)8/h12,14H,9-11,18H2,1-8H3. The van der Waals surface area contributed by atoms with E-state index in [0.29, 0.717) is 6.61 Å². The minimum Gasteiger partial charge on any atom is -0.398 e. The zero-order chi connectivity index (χ0) is 16.0. The summed E-state index contributed by atoms with van der Waals surface area (Å²) in [6.45, 7) is 17.2. The van der Waals surface area contributed by atoms with E-state index in [9.17, 15) is 5.11 Å². The number of hydrogen-bond acceptors (Lipinski definition) is 4. The van der Waals surface area contributed by atoms with Crippen LogP contribution in [0.15, 0.2) is 0 Å². The third kappa shape index (κ3) is 14.9. The van der Waals surface area contributed by atoms with Crippen molar-refractivity contribution in [2.45, 2.75) is 77.3 Å². The molecule has 0 aromatic carbocycles. The number of ether oxygens (including phenoxy) is 1. The first-order valence-corrected chi connectivity index (χ1v) is 16.1. The quantitative estimate of drug-likeness (QED) is 0.378. The Morgan fingerprint density at radius 1 is 1.00 bits per heavy atom. The molecule has 0 aromatic rings. The van der Waals surface area contributed by atoms with Crippen molar-refractivity contribution >= 4 is 26.2 Å². The topological polar surface area (TPSA) is 47.9 Å². The minimum absolute atomic E-state index is 0.0514. The number of rotatable bonds is 10. The molecule has 0 heterocycles. The Hall–Kier alpha value is 0.491. The summed E-state index contributed by atoms with van der Waals surface area (Å²) in [6.07, 6.45) is 0.969. The van der Waals surface area contributed by atoms with Gasteiger partial charge in [-0.3, -0.25) is 0 Å². The molecule has 0 atom stereocenters. The normalized spacial score (nSPS) is 14.7. The molecule has 0 aliphatic heterocycles. The van der Waals surface area contributed by atoms with E-state index in [4.69, 9.17) is 13.6 Å². The summed E-state index contributed by atoms with van der Waals surface area (Å²) in [6, 6.07) is 1.12. The van der Waals surface area contributed by atoms with Gasteiger partial charge in [-0.05, 0) is 59.6 Å². The lowest BCUT2D eigenvalue weighted by molar-refractivity contribution is -0.175. The Kier molecular flexibility index (Phi) is 8.41. The third-order valence-corrected chi connectivity index (χ3v) is 6.58. The Morgan fingerprint density at radius 2 is 1.45 bits per heavy atom. The molecule has 0 fully saturated rings. The van der Waals surface area contributed by atoms with Crippen molar-refractivity contribution in [2.75, 3.05) is 6.61 Å². The summed E-state index contributed by atoms with van der Waals surface area (Å²) in [5.74, 6) is -0.972. The molecule has 7 heteroatoms.